The lowest BCUT2D eigenvalue weighted by Crippen LogP contribution is -2.15. The normalized spacial score (nSPS) is 11.7. The molecule has 3 nitrogen and oxygen atoms in total. The van der Waals surface area contributed by atoms with E-state index >= 15 is 0 Å². The predicted molar refractivity (Wildman–Crippen MR) is 49.9 cm³/mol. The van der Waals surface area contributed by atoms with Gasteiger partial charge in [-0.1, -0.05) is 0 Å². The third kappa shape index (κ3) is 3.38. The fourth-order valence-electron chi connectivity index (χ4n) is 1.23. The summed E-state index contributed by atoms with van der Waals surface area (Å²) in [6.45, 7) is 0. The highest BCUT2D eigenvalue weighted by Gasteiger charge is 2.38. The van der Waals surface area contributed by atoms with Gasteiger partial charge < -0.3 is 4.74 Å². The van der Waals surface area contributed by atoms with Crippen molar-refractivity contribution in [3.63, 3.8) is 0 Å². The summed E-state index contributed by atoms with van der Waals surface area (Å²) in [5.74, 6) is -0.805. The molecule has 1 aromatic rings. The van der Waals surface area contributed by atoms with Gasteiger partial charge in [0.2, 0.25) is 0 Å². The van der Waals surface area contributed by atoms with Crippen molar-refractivity contribution in [3.05, 3.63) is 29.1 Å². The highest BCUT2D eigenvalue weighted by Crippen LogP contribution is 2.35. The van der Waals surface area contributed by atoms with Gasteiger partial charge in [0.15, 0.2) is 5.69 Å². The van der Waals surface area contributed by atoms with Gasteiger partial charge in [0, 0.05) is 5.56 Å². The zero-order valence-corrected chi connectivity index (χ0v) is 9.09. The molecule has 8 heteroatoms. The molecule has 100 valence electrons. The predicted octanol–water partition coefficient (Wildman–Crippen LogP) is 2.75. The van der Waals surface area contributed by atoms with Crippen molar-refractivity contribution in [3.8, 4) is 0 Å². The first-order valence-corrected chi connectivity index (χ1v) is 4.67. The number of hydrogen-bond donors (Lipinski definition) is 0. The average Bonchev–Trinajstić information content (AvgIpc) is 2.27. The Labute approximate surface area is 98.6 Å². The van der Waals surface area contributed by atoms with E-state index in [9.17, 15) is 26.7 Å². The number of nitrogens with zero attached hydrogens (tertiary/aromatic N) is 1. The van der Waals surface area contributed by atoms with Crippen molar-refractivity contribution in [2.45, 2.75) is 19.0 Å². The second-order valence-electron chi connectivity index (χ2n) is 3.29. The third-order valence-corrected chi connectivity index (χ3v) is 2.04. The second-order valence-corrected chi connectivity index (χ2v) is 3.29. The molecule has 0 fully saturated rings. The van der Waals surface area contributed by atoms with Gasteiger partial charge in [0.25, 0.3) is 6.43 Å². The van der Waals surface area contributed by atoms with Crippen molar-refractivity contribution >= 4 is 5.97 Å². The molecule has 0 saturated carbocycles. The summed E-state index contributed by atoms with van der Waals surface area (Å²) in [5.41, 5.74) is -3.17. The van der Waals surface area contributed by atoms with Gasteiger partial charge >= 0.3 is 12.1 Å². The summed E-state index contributed by atoms with van der Waals surface area (Å²) in [4.78, 5) is 13.9. The van der Waals surface area contributed by atoms with Crippen LogP contribution in [-0.2, 0) is 22.1 Å². The van der Waals surface area contributed by atoms with Crippen molar-refractivity contribution < 1.29 is 31.5 Å². The van der Waals surface area contributed by atoms with Gasteiger partial charge in [-0.3, -0.25) is 4.79 Å². The average molecular weight is 269 g/mol. The largest absolute Gasteiger partial charge is 0.469 e. The number of halogens is 5. The highest BCUT2D eigenvalue weighted by atomic mass is 19.4. The van der Waals surface area contributed by atoms with Crippen LogP contribution >= 0.6 is 0 Å². The summed E-state index contributed by atoms with van der Waals surface area (Å²) in [7, 11) is 1.06. The summed E-state index contributed by atoms with van der Waals surface area (Å²) in [6, 6.07) is 1.55. The van der Waals surface area contributed by atoms with Crippen LogP contribution in [0.25, 0.3) is 0 Å². The molecule has 0 spiro atoms. The number of methoxy groups -OCH3 is 1. The molecule has 0 radical (unpaired) electrons. The minimum Gasteiger partial charge on any atom is -0.469 e. The van der Waals surface area contributed by atoms with E-state index in [1.165, 1.54) is 0 Å². The fraction of sp³-hybridized carbons (Fsp3) is 0.400. The maximum absolute atomic E-state index is 12.5. The SMILES string of the molecule is COC(=O)Cc1ccc(C(F)F)c(C(F)(F)F)n1. The Bertz CT molecular complexity index is 444. The molecule has 1 heterocycles. The number of rotatable bonds is 3. The molecule has 0 aliphatic rings. The summed E-state index contributed by atoms with van der Waals surface area (Å²) in [6.07, 6.45) is -8.80. The van der Waals surface area contributed by atoms with Crippen LogP contribution in [0.4, 0.5) is 22.0 Å². The summed E-state index contributed by atoms with van der Waals surface area (Å²) in [5, 5.41) is 0. The van der Waals surface area contributed by atoms with Crippen molar-refractivity contribution in [2.24, 2.45) is 0 Å². The maximum atomic E-state index is 12.5. The van der Waals surface area contributed by atoms with Gasteiger partial charge in [-0.25, -0.2) is 13.8 Å². The van der Waals surface area contributed by atoms with E-state index in [-0.39, 0.29) is 5.69 Å². The molecule has 0 saturated heterocycles. The van der Waals surface area contributed by atoms with E-state index in [2.05, 4.69) is 9.72 Å². The lowest BCUT2D eigenvalue weighted by molar-refractivity contribution is -0.144. The number of aromatic nitrogens is 1. The van der Waals surface area contributed by atoms with Crippen molar-refractivity contribution in [1.82, 2.24) is 4.98 Å². The summed E-state index contributed by atoms with van der Waals surface area (Å²) >= 11 is 0. The maximum Gasteiger partial charge on any atom is 0.433 e. The van der Waals surface area contributed by atoms with Gasteiger partial charge in [0.1, 0.15) is 0 Å². The van der Waals surface area contributed by atoms with Crippen LogP contribution in [-0.4, -0.2) is 18.1 Å². The number of hydrogen-bond acceptors (Lipinski definition) is 3. The van der Waals surface area contributed by atoms with Crippen LogP contribution < -0.4 is 0 Å². The minimum absolute atomic E-state index is 0.279. The van der Waals surface area contributed by atoms with Gasteiger partial charge in [-0.15, -0.1) is 0 Å². The van der Waals surface area contributed by atoms with E-state index in [0.717, 1.165) is 13.2 Å². The van der Waals surface area contributed by atoms with Crippen LogP contribution in [0, 0.1) is 0 Å². The van der Waals surface area contributed by atoms with Crippen LogP contribution in [0.15, 0.2) is 12.1 Å². The molecule has 1 aromatic heterocycles. The number of pyridine rings is 1. The molecule has 0 unspecified atom stereocenters. The van der Waals surface area contributed by atoms with Crippen LogP contribution in [0.3, 0.4) is 0 Å². The molecule has 0 N–H and O–H groups in total. The Balaban J connectivity index is 3.18. The molecule has 0 aromatic carbocycles. The summed E-state index contributed by atoms with van der Waals surface area (Å²) < 4.78 is 66.5. The molecule has 0 amide bonds. The third-order valence-electron chi connectivity index (χ3n) is 2.04. The Morgan fingerprint density at radius 2 is 2.00 bits per heavy atom. The number of carbonyl (C=O) groups is 1. The van der Waals surface area contributed by atoms with Gasteiger partial charge in [-0.05, 0) is 12.1 Å². The highest BCUT2D eigenvalue weighted by molar-refractivity contribution is 5.71. The van der Waals surface area contributed by atoms with Crippen LogP contribution in [0.1, 0.15) is 23.4 Å². The molecule has 0 aliphatic heterocycles. The first kappa shape index (κ1) is 14.3. The lowest BCUT2D eigenvalue weighted by Gasteiger charge is -2.12. The van der Waals surface area contributed by atoms with Crippen molar-refractivity contribution in [1.29, 1.82) is 0 Å². The standard InChI is InChI=1S/C10H8F5NO2/c1-18-7(17)4-5-2-3-6(9(11)12)8(16-5)10(13,14)15/h2-3,9H,4H2,1H3. The van der Waals surface area contributed by atoms with Gasteiger partial charge in [0.05, 0.1) is 19.2 Å². The van der Waals surface area contributed by atoms with E-state index < -0.39 is 36.2 Å². The molecular weight excluding hydrogens is 261 g/mol. The Kier molecular flexibility index (Phi) is 4.20. The molecule has 0 aliphatic carbocycles. The molecule has 1 rings (SSSR count). The van der Waals surface area contributed by atoms with E-state index in [1.807, 2.05) is 0 Å². The number of carbonyl (C=O) groups excluding carboxylic acids is 1. The van der Waals surface area contributed by atoms with Crippen LogP contribution in [0.5, 0.6) is 0 Å². The zero-order valence-electron chi connectivity index (χ0n) is 9.09. The van der Waals surface area contributed by atoms with E-state index in [1.54, 1.807) is 0 Å². The second kappa shape index (κ2) is 5.28. The lowest BCUT2D eigenvalue weighted by atomic mass is 10.1. The Hall–Kier alpha value is -1.73. The first-order chi connectivity index (χ1) is 8.25. The monoisotopic (exact) mass is 269 g/mol. The Morgan fingerprint density at radius 1 is 1.39 bits per heavy atom. The van der Waals surface area contributed by atoms with E-state index in [4.69, 9.17) is 0 Å². The number of esters is 1. The quantitative estimate of drug-likeness (QED) is 0.625. The van der Waals surface area contributed by atoms with Crippen LogP contribution in [0.2, 0.25) is 0 Å². The fourth-order valence-corrected chi connectivity index (χ4v) is 1.23. The topological polar surface area (TPSA) is 39.2 Å². The number of ether oxygens (including phenoxy) is 1. The molecular formula is C10H8F5NO2. The molecule has 18 heavy (non-hydrogen) atoms. The molecule has 0 atom stereocenters. The Morgan fingerprint density at radius 3 is 2.44 bits per heavy atom. The molecule has 0 bridgehead atoms. The minimum atomic E-state index is -5.00. The zero-order chi connectivity index (χ0) is 13.9. The first-order valence-electron chi connectivity index (χ1n) is 4.67. The van der Waals surface area contributed by atoms with E-state index in [0.29, 0.717) is 6.07 Å². The van der Waals surface area contributed by atoms with Gasteiger partial charge in [-0.2, -0.15) is 13.2 Å². The number of alkyl halides is 5. The smallest absolute Gasteiger partial charge is 0.433 e. The van der Waals surface area contributed by atoms with Crippen molar-refractivity contribution in [2.75, 3.05) is 7.11 Å².